The number of nitrogens with zero attached hydrogens (tertiary/aromatic N) is 4. The van der Waals surface area contributed by atoms with Crippen molar-refractivity contribution in [2.24, 2.45) is 0 Å². The van der Waals surface area contributed by atoms with E-state index in [4.69, 9.17) is 14.8 Å². The monoisotopic (exact) mass is 432 g/mol. The normalized spacial score (nSPS) is 16.1. The fourth-order valence-corrected chi connectivity index (χ4v) is 4.53. The van der Waals surface area contributed by atoms with Gasteiger partial charge in [0.1, 0.15) is 17.4 Å². The summed E-state index contributed by atoms with van der Waals surface area (Å²) in [6, 6.07) is 16.3. The quantitative estimate of drug-likeness (QED) is 0.504. The van der Waals surface area contributed by atoms with Gasteiger partial charge in [-0.1, -0.05) is 24.3 Å². The van der Waals surface area contributed by atoms with Gasteiger partial charge in [-0.2, -0.15) is 5.10 Å². The third-order valence-corrected chi connectivity index (χ3v) is 6.13. The van der Waals surface area contributed by atoms with Crippen LogP contribution < -0.4 is 9.64 Å². The van der Waals surface area contributed by atoms with Gasteiger partial charge >= 0.3 is 0 Å². The molecule has 0 spiro atoms. The van der Waals surface area contributed by atoms with E-state index < -0.39 is 0 Å². The number of anilines is 1. The molecule has 1 aliphatic heterocycles. The highest BCUT2D eigenvalue weighted by Crippen LogP contribution is 2.35. The summed E-state index contributed by atoms with van der Waals surface area (Å²) >= 11 is 0. The van der Waals surface area contributed by atoms with Crippen molar-refractivity contribution in [3.8, 4) is 28.1 Å². The minimum Gasteiger partial charge on any atom is -0.497 e. The molecule has 1 fully saturated rings. The number of benzene rings is 2. The zero-order chi connectivity index (χ0) is 22.2. The number of hydrogen-bond donors (Lipinski definition) is 1. The van der Waals surface area contributed by atoms with E-state index in [1.807, 2.05) is 43.3 Å². The Morgan fingerprint density at radius 2 is 1.94 bits per heavy atom. The molecule has 5 rings (SSSR count). The number of aromatic nitrogens is 3. The highest BCUT2D eigenvalue weighted by Gasteiger charge is 2.27. The molecule has 1 saturated heterocycles. The maximum absolute atomic E-state index is 14.1. The zero-order valence-electron chi connectivity index (χ0n) is 18.1. The van der Waals surface area contributed by atoms with E-state index in [1.165, 1.54) is 12.1 Å². The van der Waals surface area contributed by atoms with Crippen molar-refractivity contribution >= 4 is 11.5 Å². The summed E-state index contributed by atoms with van der Waals surface area (Å²) in [5, 5.41) is 14.6. The van der Waals surface area contributed by atoms with Gasteiger partial charge < -0.3 is 14.7 Å². The number of halogens is 1. The molecule has 164 valence electrons. The van der Waals surface area contributed by atoms with Crippen LogP contribution in [0.2, 0.25) is 0 Å². The van der Waals surface area contributed by atoms with Gasteiger partial charge in [-0.3, -0.25) is 0 Å². The van der Waals surface area contributed by atoms with Crippen LogP contribution in [0.4, 0.5) is 10.2 Å². The van der Waals surface area contributed by atoms with Gasteiger partial charge in [0.15, 0.2) is 5.65 Å². The molecule has 1 atom stereocenters. The van der Waals surface area contributed by atoms with E-state index in [1.54, 1.807) is 17.7 Å². The lowest BCUT2D eigenvalue weighted by Gasteiger charge is -2.25. The summed E-state index contributed by atoms with van der Waals surface area (Å²) in [5.74, 6) is 1.24. The maximum Gasteiger partial charge on any atom is 0.166 e. The van der Waals surface area contributed by atoms with Crippen molar-refractivity contribution in [1.29, 1.82) is 0 Å². The highest BCUT2D eigenvalue weighted by molar-refractivity contribution is 5.83. The van der Waals surface area contributed by atoms with Gasteiger partial charge in [-0.25, -0.2) is 13.9 Å². The number of aryl methyl sites for hydroxylation is 1. The van der Waals surface area contributed by atoms with Crippen LogP contribution in [0.1, 0.15) is 18.5 Å². The molecule has 2 aromatic heterocycles. The summed E-state index contributed by atoms with van der Waals surface area (Å²) < 4.78 is 21.2. The molecule has 1 unspecified atom stereocenters. The van der Waals surface area contributed by atoms with Crippen LogP contribution in [-0.2, 0) is 0 Å². The Bertz CT molecular complexity index is 1270. The van der Waals surface area contributed by atoms with Crippen molar-refractivity contribution in [3.63, 3.8) is 0 Å². The molecule has 0 saturated carbocycles. The Kier molecular flexibility index (Phi) is 5.27. The molecule has 2 aromatic carbocycles. The highest BCUT2D eigenvalue weighted by atomic mass is 19.1. The van der Waals surface area contributed by atoms with E-state index in [-0.39, 0.29) is 18.5 Å². The molecule has 0 radical (unpaired) electrons. The third-order valence-electron chi connectivity index (χ3n) is 6.13. The second kappa shape index (κ2) is 8.24. The number of methoxy groups -OCH3 is 1. The first-order chi connectivity index (χ1) is 15.6. The maximum atomic E-state index is 14.1. The molecule has 0 aliphatic carbocycles. The lowest BCUT2D eigenvalue weighted by Crippen LogP contribution is -2.32. The number of rotatable bonds is 5. The summed E-state index contributed by atoms with van der Waals surface area (Å²) in [6.07, 6.45) is 1.92. The number of aliphatic hydroxyl groups is 1. The van der Waals surface area contributed by atoms with E-state index >= 15 is 0 Å². The van der Waals surface area contributed by atoms with Gasteiger partial charge in [0, 0.05) is 23.7 Å². The Balaban J connectivity index is 1.76. The van der Waals surface area contributed by atoms with Crippen LogP contribution in [0.25, 0.3) is 28.0 Å². The van der Waals surface area contributed by atoms with E-state index in [0.717, 1.165) is 59.0 Å². The lowest BCUT2D eigenvalue weighted by molar-refractivity contribution is 0.266. The van der Waals surface area contributed by atoms with Gasteiger partial charge in [-0.15, -0.1) is 0 Å². The molecular weight excluding hydrogens is 407 g/mol. The Morgan fingerprint density at radius 3 is 2.66 bits per heavy atom. The number of fused-ring (bicyclic) bond motifs is 1. The van der Waals surface area contributed by atoms with Gasteiger partial charge in [-0.05, 0) is 49.6 Å². The number of aliphatic hydroxyl groups excluding tert-OH is 1. The largest absolute Gasteiger partial charge is 0.497 e. The summed E-state index contributed by atoms with van der Waals surface area (Å²) in [6.45, 7) is 2.85. The minimum absolute atomic E-state index is 0.0266. The molecule has 0 bridgehead atoms. The minimum atomic E-state index is -0.303. The van der Waals surface area contributed by atoms with Gasteiger partial charge in [0.25, 0.3) is 0 Å². The lowest BCUT2D eigenvalue weighted by atomic mass is 10.1. The van der Waals surface area contributed by atoms with Gasteiger partial charge in [0.05, 0.1) is 31.1 Å². The zero-order valence-corrected chi connectivity index (χ0v) is 18.1. The average Bonchev–Trinajstić information content (AvgIpc) is 3.42. The number of hydrogen-bond acceptors (Lipinski definition) is 5. The van der Waals surface area contributed by atoms with Crippen molar-refractivity contribution in [2.45, 2.75) is 25.8 Å². The first-order valence-electron chi connectivity index (χ1n) is 10.8. The summed E-state index contributed by atoms with van der Waals surface area (Å²) in [5.41, 5.74) is 4.92. The van der Waals surface area contributed by atoms with Crippen LogP contribution in [0, 0.1) is 12.7 Å². The average molecular weight is 432 g/mol. The first kappa shape index (κ1) is 20.5. The molecular formula is C25H25FN4O2. The second-order valence-corrected chi connectivity index (χ2v) is 8.11. The topological polar surface area (TPSA) is 62.9 Å². The third kappa shape index (κ3) is 3.48. The van der Waals surface area contributed by atoms with Gasteiger partial charge in [0.2, 0.25) is 0 Å². The summed E-state index contributed by atoms with van der Waals surface area (Å²) in [4.78, 5) is 7.14. The molecule has 7 heteroatoms. The predicted molar refractivity (Wildman–Crippen MR) is 123 cm³/mol. The predicted octanol–water partition coefficient (Wildman–Crippen LogP) is 4.48. The van der Waals surface area contributed by atoms with Crippen LogP contribution >= 0.6 is 0 Å². The van der Waals surface area contributed by atoms with Crippen LogP contribution in [0.5, 0.6) is 5.75 Å². The number of ether oxygens (including phenoxy) is 1. The van der Waals surface area contributed by atoms with Crippen LogP contribution in [0.3, 0.4) is 0 Å². The Hall–Kier alpha value is -3.45. The van der Waals surface area contributed by atoms with Crippen LogP contribution in [0.15, 0.2) is 54.6 Å². The summed E-state index contributed by atoms with van der Waals surface area (Å²) in [7, 11) is 1.64. The van der Waals surface area contributed by atoms with E-state index in [0.29, 0.717) is 5.65 Å². The molecule has 1 N–H and O–H groups in total. The first-order valence-corrected chi connectivity index (χ1v) is 10.8. The fraction of sp³-hybridized carbons (Fsp3) is 0.280. The van der Waals surface area contributed by atoms with Crippen molar-refractivity contribution in [2.75, 3.05) is 25.2 Å². The molecule has 1 aliphatic rings. The van der Waals surface area contributed by atoms with E-state index in [9.17, 15) is 9.50 Å². The van der Waals surface area contributed by atoms with Crippen molar-refractivity contribution < 1.29 is 14.2 Å². The molecule has 3 heterocycles. The molecule has 6 nitrogen and oxygen atoms in total. The van der Waals surface area contributed by atoms with Crippen LogP contribution in [-0.4, -0.2) is 46.0 Å². The Morgan fingerprint density at radius 1 is 1.12 bits per heavy atom. The molecule has 32 heavy (non-hydrogen) atoms. The molecule has 0 amide bonds. The smallest absolute Gasteiger partial charge is 0.166 e. The van der Waals surface area contributed by atoms with E-state index in [2.05, 4.69) is 4.90 Å². The molecule has 4 aromatic rings. The Labute approximate surface area is 185 Å². The fourth-order valence-electron chi connectivity index (χ4n) is 4.53. The van der Waals surface area contributed by atoms with Crippen molar-refractivity contribution in [1.82, 2.24) is 14.6 Å². The standard InChI is InChI=1S/C25H25FN4O2/c1-16-24(17-8-10-21(32-2)11-9-17)25-27-23(29-12-4-7-20(29)15-31)14-22(30(25)28-16)18-5-3-6-19(26)13-18/h3,5-6,8-11,13-14,20,31H,4,7,12,15H2,1-2H3. The second-order valence-electron chi connectivity index (χ2n) is 8.11. The van der Waals surface area contributed by atoms with Crippen molar-refractivity contribution in [3.05, 3.63) is 66.1 Å². The SMILES string of the molecule is COc1ccc(-c2c(C)nn3c(-c4cccc(F)c4)cc(N4CCCC4CO)nc23)cc1.